The van der Waals surface area contributed by atoms with Crippen molar-refractivity contribution in [3.63, 3.8) is 0 Å². The van der Waals surface area contributed by atoms with Gasteiger partial charge in [-0.15, -0.1) is 0 Å². The van der Waals surface area contributed by atoms with Crippen LogP contribution in [0.25, 0.3) is 10.9 Å². The lowest BCUT2D eigenvalue weighted by atomic mass is 9.98. The Morgan fingerprint density at radius 2 is 1.74 bits per heavy atom. The number of aromatic carboxylic acids is 1. The maximum absolute atomic E-state index is 12.7. The number of hydrogen-bond donors (Lipinski definition) is 4. The molecule has 0 saturated carbocycles. The Labute approximate surface area is 250 Å². The zero-order chi connectivity index (χ0) is 30.5. The second-order valence-corrected chi connectivity index (χ2v) is 11.1. The van der Waals surface area contributed by atoms with Crippen LogP contribution in [-0.4, -0.2) is 89.0 Å². The van der Waals surface area contributed by atoms with Gasteiger partial charge in [0.05, 0.1) is 29.1 Å². The predicted octanol–water partition coefficient (Wildman–Crippen LogP) is 4.74. The lowest BCUT2D eigenvalue weighted by Gasteiger charge is -2.34. The summed E-state index contributed by atoms with van der Waals surface area (Å²) in [5.74, 6) is -1.50. The molecule has 0 atom stereocenters. The fourth-order valence-electron chi connectivity index (χ4n) is 5.49. The van der Waals surface area contributed by atoms with Crippen LogP contribution in [0.3, 0.4) is 0 Å². The van der Waals surface area contributed by atoms with Crippen molar-refractivity contribution in [1.82, 2.24) is 20.3 Å². The van der Waals surface area contributed by atoms with Gasteiger partial charge in [-0.25, -0.2) is 15.3 Å². The highest BCUT2D eigenvalue weighted by Crippen LogP contribution is 2.33. The molecule has 0 bridgehead atoms. The number of carbonyl (C=O) groups excluding carboxylic acids is 1. The Morgan fingerprint density at radius 1 is 1.05 bits per heavy atom. The average molecular weight is 584 g/mol. The number of amides is 1. The van der Waals surface area contributed by atoms with E-state index in [-0.39, 0.29) is 17.4 Å². The summed E-state index contributed by atoms with van der Waals surface area (Å²) in [6, 6.07) is 20.1. The van der Waals surface area contributed by atoms with Crippen LogP contribution in [0.15, 0.2) is 71.7 Å². The number of aromatic hydroxyl groups is 1. The van der Waals surface area contributed by atoms with Crippen molar-refractivity contribution in [2.24, 2.45) is 4.99 Å². The molecule has 0 spiro atoms. The van der Waals surface area contributed by atoms with Gasteiger partial charge in [0.1, 0.15) is 0 Å². The predicted molar refractivity (Wildman–Crippen MR) is 166 cm³/mol. The molecule has 4 aromatic rings. The molecule has 10 heteroatoms. The van der Waals surface area contributed by atoms with E-state index < -0.39 is 5.97 Å². The van der Waals surface area contributed by atoms with Crippen molar-refractivity contribution < 1.29 is 24.6 Å². The minimum atomic E-state index is -1.04. The smallest absolute Gasteiger partial charge is 0.336 e. The number of fused-ring (bicyclic) bond motifs is 1. The number of nitrogens with zero attached hydrogens (tertiary/aromatic N) is 3. The highest BCUT2D eigenvalue weighted by atomic mass is 16.7. The maximum Gasteiger partial charge on any atom is 0.336 e. The molecular formula is C33H37N5O5. The van der Waals surface area contributed by atoms with Crippen molar-refractivity contribution in [3.8, 4) is 5.88 Å². The van der Waals surface area contributed by atoms with E-state index in [9.17, 15) is 19.8 Å². The summed E-state index contributed by atoms with van der Waals surface area (Å²) in [4.78, 5) is 42.2. The molecular weight excluding hydrogens is 546 g/mol. The lowest BCUT2D eigenvalue weighted by molar-refractivity contribution is 0.0178. The maximum atomic E-state index is 12.7. The summed E-state index contributed by atoms with van der Waals surface area (Å²) in [6.07, 6.45) is 2.26. The first-order valence-corrected chi connectivity index (χ1v) is 14.4. The van der Waals surface area contributed by atoms with Gasteiger partial charge in [-0.05, 0) is 88.9 Å². The Kier molecular flexibility index (Phi) is 9.20. The van der Waals surface area contributed by atoms with Gasteiger partial charge in [0.25, 0.3) is 5.91 Å². The number of hydrogen-bond acceptors (Lipinski definition) is 7. The second-order valence-electron chi connectivity index (χ2n) is 11.1. The molecule has 10 nitrogen and oxygen atoms in total. The molecule has 2 heterocycles. The number of likely N-dealkylation sites (tertiary alicyclic amines) is 1. The first kappa shape index (κ1) is 30.0. The van der Waals surface area contributed by atoms with Crippen LogP contribution in [0.4, 0.5) is 5.69 Å². The van der Waals surface area contributed by atoms with E-state index in [4.69, 9.17) is 9.83 Å². The highest BCUT2D eigenvalue weighted by molar-refractivity contribution is 6.22. The van der Waals surface area contributed by atoms with Gasteiger partial charge in [-0.3, -0.25) is 9.63 Å². The summed E-state index contributed by atoms with van der Waals surface area (Å²) >= 11 is 0. The molecule has 1 amide bonds. The number of H-pyrrole nitrogens is 1. The number of carboxylic acids is 1. The number of aromatic amines is 1. The molecule has 0 aliphatic carbocycles. The second kappa shape index (κ2) is 13.2. The van der Waals surface area contributed by atoms with Gasteiger partial charge in [-0.1, -0.05) is 30.3 Å². The molecule has 43 heavy (non-hydrogen) atoms. The number of rotatable bonds is 10. The van der Waals surface area contributed by atoms with Gasteiger partial charge in [0.15, 0.2) is 5.88 Å². The van der Waals surface area contributed by atoms with Crippen molar-refractivity contribution in [2.45, 2.75) is 25.8 Å². The number of aromatic nitrogens is 1. The highest BCUT2D eigenvalue weighted by Gasteiger charge is 2.22. The molecule has 5 rings (SSSR count). The monoisotopic (exact) mass is 583 g/mol. The SMILES string of the molecule is Cc1cc2c(C(=Nc3ccc(C(=O)NOCCN4CCC(N(C)C)CC4)cc3)c3ccccc3)c(O)[nH]c2cc1C(=O)O. The fraction of sp³-hybridized carbons (Fsp3) is 0.303. The summed E-state index contributed by atoms with van der Waals surface area (Å²) in [5, 5.41) is 21.1. The third kappa shape index (κ3) is 6.94. The Bertz CT molecular complexity index is 1620. The lowest BCUT2D eigenvalue weighted by Crippen LogP contribution is -2.43. The first-order valence-electron chi connectivity index (χ1n) is 14.4. The van der Waals surface area contributed by atoms with Crippen LogP contribution in [0.2, 0.25) is 0 Å². The third-order valence-electron chi connectivity index (χ3n) is 7.97. The number of piperidine rings is 1. The number of carbonyl (C=O) groups is 2. The number of carboxylic acid groups (broad SMARTS) is 1. The number of nitrogens with one attached hydrogen (secondary N) is 2. The summed E-state index contributed by atoms with van der Waals surface area (Å²) in [7, 11) is 4.24. The van der Waals surface area contributed by atoms with E-state index in [0.29, 0.717) is 51.6 Å². The van der Waals surface area contributed by atoms with Gasteiger partial charge < -0.3 is 25.0 Å². The minimum Gasteiger partial charge on any atom is -0.494 e. The van der Waals surface area contributed by atoms with E-state index in [0.717, 1.165) is 38.0 Å². The fourth-order valence-corrected chi connectivity index (χ4v) is 5.49. The Morgan fingerprint density at radius 3 is 2.40 bits per heavy atom. The third-order valence-corrected chi connectivity index (χ3v) is 7.97. The van der Waals surface area contributed by atoms with Crippen molar-refractivity contribution in [1.29, 1.82) is 0 Å². The quantitative estimate of drug-likeness (QED) is 0.121. The Hall–Kier alpha value is -4.51. The van der Waals surface area contributed by atoms with Crippen LogP contribution < -0.4 is 5.48 Å². The van der Waals surface area contributed by atoms with Crippen LogP contribution in [0.1, 0.15) is 50.2 Å². The van der Waals surface area contributed by atoms with E-state index in [1.165, 1.54) is 6.07 Å². The zero-order valence-electron chi connectivity index (χ0n) is 24.6. The molecule has 0 radical (unpaired) electrons. The van der Waals surface area contributed by atoms with Gasteiger partial charge >= 0.3 is 5.97 Å². The topological polar surface area (TPSA) is 130 Å². The van der Waals surface area contributed by atoms with Gasteiger partial charge in [0.2, 0.25) is 0 Å². The molecule has 1 aliphatic rings. The molecule has 1 saturated heterocycles. The molecule has 1 fully saturated rings. The van der Waals surface area contributed by atoms with Crippen LogP contribution in [0.5, 0.6) is 5.88 Å². The molecule has 1 aromatic heterocycles. The van der Waals surface area contributed by atoms with E-state index >= 15 is 0 Å². The van der Waals surface area contributed by atoms with Gasteiger partial charge in [0, 0.05) is 34.6 Å². The Balaban J connectivity index is 1.30. The van der Waals surface area contributed by atoms with Crippen LogP contribution in [-0.2, 0) is 4.84 Å². The standard InChI is InChI=1S/C33H37N5O5/c1-21-19-27-28(20-26(21)33(41)42)35-32(40)29(27)30(22-7-5-4-6-8-22)34-24-11-9-23(10-12-24)31(39)36-43-18-17-38-15-13-25(14-16-38)37(2)3/h4-12,19-20,25,35,40H,13-18H2,1-3H3,(H,36,39)(H,41,42). The van der Waals surface area contributed by atoms with Crippen LogP contribution >= 0.6 is 0 Å². The number of hydroxylamine groups is 1. The normalized spacial score (nSPS) is 14.8. The largest absolute Gasteiger partial charge is 0.494 e. The zero-order valence-corrected chi connectivity index (χ0v) is 24.6. The molecule has 1 aliphatic heterocycles. The summed E-state index contributed by atoms with van der Waals surface area (Å²) in [6.45, 7) is 4.92. The summed E-state index contributed by atoms with van der Waals surface area (Å²) < 4.78 is 0. The number of aliphatic imine (C=N–C) groups is 1. The van der Waals surface area contributed by atoms with E-state index in [1.54, 1.807) is 37.3 Å². The van der Waals surface area contributed by atoms with Gasteiger partial charge in [-0.2, -0.15) is 0 Å². The molecule has 4 N–H and O–H groups in total. The molecule has 3 aromatic carbocycles. The number of benzene rings is 3. The average Bonchev–Trinajstić information content (AvgIpc) is 3.32. The van der Waals surface area contributed by atoms with E-state index in [1.807, 2.05) is 30.3 Å². The van der Waals surface area contributed by atoms with Crippen LogP contribution in [0, 0.1) is 6.92 Å². The molecule has 0 unspecified atom stereocenters. The van der Waals surface area contributed by atoms with Crippen molar-refractivity contribution >= 4 is 34.2 Å². The molecule has 224 valence electrons. The summed E-state index contributed by atoms with van der Waals surface area (Å²) in [5.41, 5.74) is 6.47. The number of aryl methyl sites for hydroxylation is 1. The van der Waals surface area contributed by atoms with Crippen molar-refractivity contribution in [3.05, 3.63) is 94.5 Å². The van der Waals surface area contributed by atoms with Crippen molar-refractivity contribution in [2.75, 3.05) is 40.3 Å². The minimum absolute atomic E-state index is 0.116. The first-order chi connectivity index (χ1) is 20.7. The van der Waals surface area contributed by atoms with E-state index in [2.05, 4.69) is 34.4 Å².